The number of rotatable bonds is 18. The summed E-state index contributed by atoms with van der Waals surface area (Å²) in [5, 5.41) is 65.5. The van der Waals surface area contributed by atoms with E-state index in [1.165, 1.54) is 0 Å². The van der Waals surface area contributed by atoms with E-state index in [0.29, 0.717) is 6.21 Å². The molecule has 360 valence electrons. The van der Waals surface area contributed by atoms with Crippen molar-refractivity contribution < 1.29 is 86.4 Å². The van der Waals surface area contributed by atoms with Gasteiger partial charge in [0, 0.05) is 48.5 Å². The molecule has 4 aromatic carbocycles. The van der Waals surface area contributed by atoms with Crippen LogP contribution in [0.2, 0.25) is 10.0 Å². The zero-order valence-electron chi connectivity index (χ0n) is 34.1. The first-order valence-electron chi connectivity index (χ1n) is 18.6. The minimum Gasteiger partial charge on any atom is -0.459 e. The Morgan fingerprint density at radius 3 is 1.62 bits per heavy atom. The van der Waals surface area contributed by atoms with Gasteiger partial charge in [-0.3, -0.25) is 40.5 Å². The summed E-state index contributed by atoms with van der Waals surface area (Å²) in [6.45, 7) is -1.47. The fraction of sp³-hybridized carbons (Fsp3) is 0.256. The van der Waals surface area contributed by atoms with Gasteiger partial charge >= 0.3 is 23.9 Å². The molecule has 1 aliphatic rings. The van der Waals surface area contributed by atoms with Gasteiger partial charge in [-0.15, -0.1) is 0 Å². The maximum absolute atomic E-state index is 14.6. The maximum Gasteiger partial charge on any atom is 0.340 e. The van der Waals surface area contributed by atoms with Crippen LogP contribution in [0.3, 0.4) is 0 Å². The fourth-order valence-electron chi connectivity index (χ4n) is 5.49. The number of nitrogens with zero attached hydrogens (tertiary/aromatic N) is 5. The molecule has 0 radical (unpaired) electrons. The number of carbonyl (C=O) groups is 4. The molecule has 68 heavy (non-hydrogen) atoms. The molecule has 1 saturated heterocycles. The van der Waals surface area contributed by atoms with Crippen molar-refractivity contribution in [2.24, 2.45) is 5.16 Å². The lowest BCUT2D eigenvalue weighted by atomic mass is 10.1. The van der Waals surface area contributed by atoms with E-state index in [1.807, 2.05) is 0 Å². The lowest BCUT2D eigenvalue weighted by Crippen LogP contribution is -2.43. The summed E-state index contributed by atoms with van der Waals surface area (Å²) in [5.74, 6) is -4.30. The van der Waals surface area contributed by atoms with Crippen molar-refractivity contribution in [3.63, 3.8) is 0 Å². The molecule has 0 aromatic heterocycles. The molecule has 1 aliphatic heterocycles. The van der Waals surface area contributed by atoms with Crippen LogP contribution in [0.25, 0.3) is 0 Å². The lowest BCUT2D eigenvalue weighted by molar-refractivity contribution is -0.385. The second-order valence-electron chi connectivity index (χ2n) is 13.3. The standard InChI is InChI=1S/C20H17ClFN3O10.C19H14ClFN2O10/c1-33-23-9-16(22)18(35-20(28)14-7-6-13(25(31)32)8-15(14)21)17(26)10-34-19(27)11-2-4-12(5-3-11)24(29)30;20-13-7-11(23(29)30)5-6-12(13)18(25)33-16-14(32-19(26)15(16)21)8-31-17(24)9-1-3-10(4-2-9)22(27)28/h2-9,16-18,26H,10H2,1H3;1-7,14-16,19,26H,8H2/t16-,17-,18+;14-,15+,16-,19?/m11/s1. The van der Waals surface area contributed by atoms with Crippen LogP contribution >= 0.6 is 23.2 Å². The van der Waals surface area contributed by atoms with Crippen LogP contribution in [0, 0.1) is 40.5 Å². The summed E-state index contributed by atoms with van der Waals surface area (Å²) in [6.07, 6.45) is -12.8. The van der Waals surface area contributed by atoms with Gasteiger partial charge in [-0.2, -0.15) is 0 Å². The molecule has 0 amide bonds. The maximum atomic E-state index is 14.6. The van der Waals surface area contributed by atoms with E-state index in [0.717, 1.165) is 92.0 Å². The molecular formula is C39H31Cl2F2N5O20. The van der Waals surface area contributed by atoms with E-state index < -0.39 is 106 Å². The number of aliphatic hydroxyl groups is 2. The van der Waals surface area contributed by atoms with Crippen molar-refractivity contribution in [2.45, 2.75) is 43.0 Å². The first kappa shape index (κ1) is 52.8. The third-order valence-corrected chi connectivity index (χ3v) is 9.54. The molecule has 5 rings (SSSR count). The van der Waals surface area contributed by atoms with Crippen LogP contribution in [-0.2, 0) is 28.5 Å². The molecular weight excluding hydrogens is 967 g/mol. The first-order chi connectivity index (χ1) is 32.1. The Morgan fingerprint density at radius 2 is 1.18 bits per heavy atom. The Bertz CT molecular complexity index is 2580. The highest BCUT2D eigenvalue weighted by molar-refractivity contribution is 6.34. The fourth-order valence-corrected chi connectivity index (χ4v) is 6.00. The number of aliphatic hydroxyl groups excluding tert-OH is 2. The molecule has 1 unspecified atom stereocenters. The number of benzene rings is 4. The number of halogens is 4. The molecule has 1 heterocycles. The molecule has 4 aromatic rings. The van der Waals surface area contributed by atoms with Gasteiger partial charge in [-0.25, -0.2) is 28.0 Å². The zero-order chi connectivity index (χ0) is 50.4. The average Bonchev–Trinajstić information content (AvgIpc) is 3.57. The SMILES string of the molecule is CON=C[C@@H](F)[C@H](OC(=O)c1ccc([N+](=O)[O-])cc1Cl)[C@H](O)COC(=O)c1ccc([N+](=O)[O-])cc1.O=C(OC[C@H]1OC(O)[C@@H](F)[C@@H]1OC(=O)c1ccc([N+](=O)[O-])cc1Cl)c1ccc([N+](=O)[O-])cc1. The number of non-ortho nitro benzene ring substituents is 4. The summed E-state index contributed by atoms with van der Waals surface area (Å²) in [6, 6.07) is 14.6. The van der Waals surface area contributed by atoms with E-state index in [2.05, 4.69) is 9.99 Å². The Kier molecular flexibility index (Phi) is 18.7. The molecule has 25 nitrogen and oxygen atoms in total. The lowest BCUT2D eigenvalue weighted by Gasteiger charge is -2.24. The number of hydrogen-bond donors (Lipinski definition) is 2. The molecule has 7 atom stereocenters. The van der Waals surface area contributed by atoms with Crippen LogP contribution in [0.5, 0.6) is 0 Å². The number of nitro groups is 4. The highest BCUT2D eigenvalue weighted by Crippen LogP contribution is 2.30. The van der Waals surface area contributed by atoms with Gasteiger partial charge in [-0.05, 0) is 36.4 Å². The molecule has 0 bridgehead atoms. The highest BCUT2D eigenvalue weighted by Gasteiger charge is 2.48. The average molecular weight is 999 g/mol. The largest absolute Gasteiger partial charge is 0.459 e. The van der Waals surface area contributed by atoms with Gasteiger partial charge < -0.3 is 38.7 Å². The number of nitro benzene ring substituents is 4. The molecule has 1 fully saturated rings. The number of alkyl halides is 2. The van der Waals surface area contributed by atoms with Crippen molar-refractivity contribution in [3.8, 4) is 0 Å². The quantitative estimate of drug-likeness (QED) is 0.0410. The summed E-state index contributed by atoms with van der Waals surface area (Å²) >= 11 is 11.7. The number of esters is 4. The molecule has 29 heteroatoms. The van der Waals surface area contributed by atoms with Gasteiger partial charge in [0.25, 0.3) is 22.7 Å². The molecule has 0 aliphatic carbocycles. The molecule has 0 spiro atoms. The normalized spacial score (nSPS) is 17.6. The van der Waals surface area contributed by atoms with E-state index >= 15 is 0 Å². The van der Waals surface area contributed by atoms with Gasteiger partial charge in [0.2, 0.25) is 0 Å². The Labute approximate surface area is 387 Å². The van der Waals surface area contributed by atoms with Crippen molar-refractivity contribution in [1.29, 1.82) is 0 Å². The van der Waals surface area contributed by atoms with Crippen molar-refractivity contribution in [1.82, 2.24) is 0 Å². The van der Waals surface area contributed by atoms with Crippen molar-refractivity contribution in [2.75, 3.05) is 20.3 Å². The topological polar surface area (TPSA) is 349 Å². The summed E-state index contributed by atoms with van der Waals surface area (Å²) in [7, 11) is 1.11. The monoisotopic (exact) mass is 997 g/mol. The van der Waals surface area contributed by atoms with Crippen LogP contribution in [0.15, 0.2) is 90.1 Å². The van der Waals surface area contributed by atoms with E-state index in [-0.39, 0.29) is 49.4 Å². The number of carbonyl (C=O) groups excluding carboxylic acids is 4. The molecule has 2 N–H and O–H groups in total. The van der Waals surface area contributed by atoms with E-state index in [9.17, 15) is 78.6 Å². The summed E-state index contributed by atoms with van der Waals surface area (Å²) < 4.78 is 53.8. The van der Waals surface area contributed by atoms with Gasteiger partial charge in [0.1, 0.15) is 32.5 Å². The van der Waals surface area contributed by atoms with Gasteiger partial charge in [0.05, 0.1) is 58.2 Å². The predicted molar refractivity (Wildman–Crippen MR) is 224 cm³/mol. The van der Waals surface area contributed by atoms with Crippen molar-refractivity contribution in [3.05, 3.63) is 158 Å². The van der Waals surface area contributed by atoms with Crippen LogP contribution in [0.4, 0.5) is 31.5 Å². The second kappa shape index (κ2) is 24.1. The zero-order valence-corrected chi connectivity index (χ0v) is 35.6. The van der Waals surface area contributed by atoms with Gasteiger partial charge in [-0.1, -0.05) is 28.4 Å². The first-order valence-corrected chi connectivity index (χ1v) is 19.4. The predicted octanol–water partition coefficient (Wildman–Crippen LogP) is 5.46. The van der Waals surface area contributed by atoms with Gasteiger partial charge in [0.15, 0.2) is 30.8 Å². The van der Waals surface area contributed by atoms with Crippen LogP contribution in [0.1, 0.15) is 41.4 Å². The minimum absolute atomic E-state index is 0.0397. The summed E-state index contributed by atoms with van der Waals surface area (Å²) in [4.78, 5) is 93.7. The Morgan fingerprint density at radius 1 is 0.735 bits per heavy atom. The van der Waals surface area contributed by atoms with Crippen molar-refractivity contribution >= 4 is 76.0 Å². The number of oxime groups is 1. The third kappa shape index (κ3) is 14.1. The third-order valence-electron chi connectivity index (χ3n) is 8.91. The molecule has 0 saturated carbocycles. The van der Waals surface area contributed by atoms with Crippen LogP contribution < -0.4 is 0 Å². The van der Waals surface area contributed by atoms with E-state index in [1.54, 1.807) is 0 Å². The minimum atomic E-state index is -2.23. The summed E-state index contributed by atoms with van der Waals surface area (Å²) in [5.41, 5.74) is -2.07. The Balaban J connectivity index is 0.000000297. The highest BCUT2D eigenvalue weighted by atomic mass is 35.5. The Hall–Kier alpha value is -7.85. The van der Waals surface area contributed by atoms with E-state index in [4.69, 9.17) is 46.9 Å². The van der Waals surface area contributed by atoms with Crippen LogP contribution in [-0.4, -0.2) is 123 Å². The smallest absolute Gasteiger partial charge is 0.340 e. The second-order valence-corrected chi connectivity index (χ2v) is 14.2. The number of hydrogen-bond acceptors (Lipinski definition) is 21. The number of ether oxygens (including phenoxy) is 5.